The molecular weight excluding hydrogens is 270 g/mol. The molecule has 1 fully saturated rings. The fourth-order valence-electron chi connectivity index (χ4n) is 2.61. The van der Waals surface area contributed by atoms with Gasteiger partial charge in [0.25, 0.3) is 0 Å². The summed E-state index contributed by atoms with van der Waals surface area (Å²) < 4.78 is 4.54. The van der Waals surface area contributed by atoms with E-state index in [4.69, 9.17) is 11.6 Å². The fourth-order valence-corrected chi connectivity index (χ4v) is 3.22. The average molecular weight is 290 g/mol. The van der Waals surface area contributed by atoms with Gasteiger partial charge in [-0.25, -0.2) is 0 Å². The summed E-state index contributed by atoms with van der Waals surface area (Å²) in [5, 5.41) is 13.7. The van der Waals surface area contributed by atoms with E-state index in [2.05, 4.69) is 14.5 Å². The number of aliphatic hydroxyl groups is 1. The van der Waals surface area contributed by atoms with E-state index in [-0.39, 0.29) is 6.10 Å². The molecule has 6 heteroatoms. The predicted molar refractivity (Wildman–Crippen MR) is 73.9 cm³/mol. The van der Waals surface area contributed by atoms with Crippen molar-refractivity contribution >= 4 is 23.1 Å². The van der Waals surface area contributed by atoms with E-state index in [0.717, 1.165) is 5.69 Å². The van der Waals surface area contributed by atoms with Crippen LogP contribution in [0.15, 0.2) is 0 Å². The van der Waals surface area contributed by atoms with Gasteiger partial charge >= 0.3 is 0 Å². The number of aromatic nitrogens is 2. The van der Waals surface area contributed by atoms with E-state index in [1.54, 1.807) is 0 Å². The van der Waals surface area contributed by atoms with Crippen LogP contribution < -0.4 is 0 Å². The highest BCUT2D eigenvalue weighted by Crippen LogP contribution is 2.26. The molecule has 0 radical (unpaired) electrons. The summed E-state index contributed by atoms with van der Waals surface area (Å²) >= 11 is 7.29. The third-order valence-corrected chi connectivity index (χ3v) is 4.44. The van der Waals surface area contributed by atoms with Crippen molar-refractivity contribution in [1.29, 1.82) is 0 Å². The van der Waals surface area contributed by atoms with Crippen LogP contribution in [0.2, 0.25) is 4.34 Å². The van der Waals surface area contributed by atoms with Gasteiger partial charge in [0.1, 0.15) is 10.0 Å². The van der Waals surface area contributed by atoms with Crippen molar-refractivity contribution in [2.75, 3.05) is 6.54 Å². The zero-order valence-corrected chi connectivity index (χ0v) is 12.3. The van der Waals surface area contributed by atoms with Crippen molar-refractivity contribution in [2.24, 2.45) is 0 Å². The van der Waals surface area contributed by atoms with Crippen molar-refractivity contribution in [2.45, 2.75) is 57.7 Å². The van der Waals surface area contributed by atoms with Crippen LogP contribution in [-0.2, 0) is 6.54 Å². The summed E-state index contributed by atoms with van der Waals surface area (Å²) in [6.45, 7) is 3.21. The average Bonchev–Trinajstić information content (AvgIpc) is 2.75. The first-order chi connectivity index (χ1) is 8.66. The van der Waals surface area contributed by atoms with Gasteiger partial charge in [0, 0.05) is 30.7 Å². The predicted octanol–water partition coefficient (Wildman–Crippen LogP) is 2.71. The lowest BCUT2D eigenvalue weighted by Crippen LogP contribution is -2.40. The van der Waals surface area contributed by atoms with Gasteiger partial charge in [0.2, 0.25) is 0 Å². The highest BCUT2D eigenvalue weighted by Gasteiger charge is 2.23. The van der Waals surface area contributed by atoms with Crippen LogP contribution >= 0.6 is 23.1 Å². The standard InChI is InChI=1S/C12H20ClN3OS/c1-9(17)7-16(10-5-3-2-4-6-10)8-11-12(13)18-15-14-11/h9-10,17H,2-8H2,1H3. The molecule has 0 aromatic carbocycles. The van der Waals surface area contributed by atoms with Gasteiger partial charge in [-0.1, -0.05) is 35.4 Å². The normalized spacial score (nSPS) is 19.3. The molecule has 1 N–H and O–H groups in total. The second kappa shape index (κ2) is 6.80. The summed E-state index contributed by atoms with van der Waals surface area (Å²) in [6, 6.07) is 0.547. The van der Waals surface area contributed by atoms with Gasteiger partial charge in [0.15, 0.2) is 0 Å². The number of rotatable bonds is 5. The molecule has 0 saturated heterocycles. The molecule has 0 aliphatic heterocycles. The van der Waals surface area contributed by atoms with E-state index in [9.17, 15) is 5.11 Å². The maximum Gasteiger partial charge on any atom is 0.138 e. The molecule has 1 unspecified atom stereocenters. The monoisotopic (exact) mass is 289 g/mol. The molecule has 2 rings (SSSR count). The van der Waals surface area contributed by atoms with E-state index in [0.29, 0.717) is 23.5 Å². The van der Waals surface area contributed by atoms with Crippen LogP contribution in [0.5, 0.6) is 0 Å². The molecule has 102 valence electrons. The summed E-state index contributed by atoms with van der Waals surface area (Å²) in [4.78, 5) is 2.31. The van der Waals surface area contributed by atoms with Crippen molar-refractivity contribution in [3.05, 3.63) is 10.0 Å². The van der Waals surface area contributed by atoms with E-state index in [1.807, 2.05) is 6.92 Å². The molecule has 18 heavy (non-hydrogen) atoms. The Morgan fingerprint density at radius 2 is 2.17 bits per heavy atom. The lowest BCUT2D eigenvalue weighted by Gasteiger charge is -2.34. The summed E-state index contributed by atoms with van der Waals surface area (Å²) in [7, 11) is 0. The fraction of sp³-hybridized carbons (Fsp3) is 0.833. The van der Waals surface area contributed by atoms with Gasteiger partial charge in [-0.3, -0.25) is 4.90 Å². The van der Waals surface area contributed by atoms with E-state index in [1.165, 1.54) is 43.6 Å². The molecule has 4 nitrogen and oxygen atoms in total. The number of halogens is 1. The molecule has 0 spiro atoms. The molecular formula is C12H20ClN3OS. The van der Waals surface area contributed by atoms with Crippen LogP contribution in [0, 0.1) is 0 Å². The van der Waals surface area contributed by atoms with Crippen LogP contribution in [0.1, 0.15) is 44.7 Å². The minimum absolute atomic E-state index is 0.322. The SMILES string of the molecule is CC(O)CN(Cc1nnsc1Cl)C1CCCCC1. The molecule has 1 atom stereocenters. The van der Waals surface area contributed by atoms with Crippen LogP contribution in [0.4, 0.5) is 0 Å². The molecule has 1 aromatic rings. The zero-order chi connectivity index (χ0) is 13.0. The molecule has 1 heterocycles. The van der Waals surface area contributed by atoms with E-state index < -0.39 is 0 Å². The van der Waals surface area contributed by atoms with Crippen LogP contribution in [0.3, 0.4) is 0 Å². The highest BCUT2D eigenvalue weighted by molar-refractivity contribution is 7.10. The lowest BCUT2D eigenvalue weighted by molar-refractivity contribution is 0.0760. The van der Waals surface area contributed by atoms with Crippen molar-refractivity contribution < 1.29 is 5.11 Å². The number of hydrogen-bond acceptors (Lipinski definition) is 5. The van der Waals surface area contributed by atoms with Crippen LogP contribution in [0.25, 0.3) is 0 Å². The first kappa shape index (κ1) is 14.2. The molecule has 1 saturated carbocycles. The minimum Gasteiger partial charge on any atom is -0.392 e. The van der Waals surface area contributed by atoms with Crippen molar-refractivity contribution in [3.8, 4) is 0 Å². The summed E-state index contributed by atoms with van der Waals surface area (Å²) in [5.41, 5.74) is 0.841. The van der Waals surface area contributed by atoms with Gasteiger partial charge in [0.05, 0.1) is 6.10 Å². The number of hydrogen-bond donors (Lipinski definition) is 1. The van der Waals surface area contributed by atoms with Gasteiger partial charge in [-0.15, -0.1) is 5.10 Å². The molecule has 1 aliphatic rings. The molecule has 0 amide bonds. The number of nitrogens with zero attached hydrogens (tertiary/aromatic N) is 3. The Balaban J connectivity index is 2.02. The van der Waals surface area contributed by atoms with Gasteiger partial charge in [-0.05, 0) is 19.8 Å². The zero-order valence-electron chi connectivity index (χ0n) is 10.7. The van der Waals surface area contributed by atoms with Gasteiger partial charge in [-0.2, -0.15) is 0 Å². The Bertz CT molecular complexity index is 366. The lowest BCUT2D eigenvalue weighted by atomic mass is 9.94. The Morgan fingerprint density at radius 1 is 1.44 bits per heavy atom. The Labute approximate surface area is 117 Å². The van der Waals surface area contributed by atoms with Crippen molar-refractivity contribution in [3.63, 3.8) is 0 Å². The maximum absolute atomic E-state index is 9.64. The van der Waals surface area contributed by atoms with Crippen LogP contribution in [-0.4, -0.2) is 38.3 Å². The summed E-state index contributed by atoms with van der Waals surface area (Å²) in [6.07, 6.45) is 5.99. The van der Waals surface area contributed by atoms with Gasteiger partial charge < -0.3 is 5.11 Å². The molecule has 0 bridgehead atoms. The first-order valence-electron chi connectivity index (χ1n) is 6.55. The quantitative estimate of drug-likeness (QED) is 0.905. The smallest absolute Gasteiger partial charge is 0.138 e. The Hall–Kier alpha value is -0.230. The van der Waals surface area contributed by atoms with E-state index >= 15 is 0 Å². The maximum atomic E-state index is 9.64. The van der Waals surface area contributed by atoms with Crippen molar-refractivity contribution in [1.82, 2.24) is 14.5 Å². The molecule has 1 aliphatic carbocycles. The third kappa shape index (κ3) is 3.88. The third-order valence-electron chi connectivity index (χ3n) is 3.45. The second-order valence-corrected chi connectivity index (χ2v) is 6.42. The Morgan fingerprint density at radius 3 is 2.72 bits per heavy atom. The second-order valence-electron chi connectivity index (χ2n) is 5.06. The first-order valence-corrected chi connectivity index (χ1v) is 7.71. The molecule has 1 aromatic heterocycles. The topological polar surface area (TPSA) is 49.2 Å². The largest absolute Gasteiger partial charge is 0.392 e. The minimum atomic E-state index is -0.322. The Kier molecular flexibility index (Phi) is 5.36. The summed E-state index contributed by atoms with van der Waals surface area (Å²) in [5.74, 6) is 0. The highest BCUT2D eigenvalue weighted by atomic mass is 35.5. The number of aliphatic hydroxyl groups excluding tert-OH is 1.